The van der Waals surface area contributed by atoms with Crippen LogP contribution in [0.1, 0.15) is 37.8 Å². The van der Waals surface area contributed by atoms with Crippen LogP contribution in [-0.4, -0.2) is 31.0 Å². The van der Waals surface area contributed by atoms with Crippen molar-refractivity contribution >= 4 is 5.91 Å². The second-order valence-corrected chi connectivity index (χ2v) is 5.51. The Morgan fingerprint density at radius 2 is 2.20 bits per heavy atom. The lowest BCUT2D eigenvalue weighted by Crippen LogP contribution is -2.33. The van der Waals surface area contributed by atoms with Gasteiger partial charge in [0.25, 0.3) is 0 Å². The van der Waals surface area contributed by atoms with E-state index < -0.39 is 0 Å². The molecular formula is C16H24N2O2. The average molecular weight is 276 g/mol. The SMILES string of the molecule is CCCC1CC(=O)N(CC(N)c2ccccc2OC)C1. The summed E-state index contributed by atoms with van der Waals surface area (Å²) in [5.74, 6) is 1.52. The van der Waals surface area contributed by atoms with E-state index in [1.807, 2.05) is 29.2 Å². The molecule has 0 saturated carbocycles. The standard InChI is InChI=1S/C16H24N2O2/c1-3-6-12-9-16(19)18(10-12)11-14(17)13-7-4-5-8-15(13)20-2/h4-5,7-8,12,14H,3,6,9-11,17H2,1-2H3. The first kappa shape index (κ1) is 14.9. The summed E-state index contributed by atoms with van der Waals surface area (Å²) in [6, 6.07) is 7.54. The third kappa shape index (κ3) is 3.31. The van der Waals surface area contributed by atoms with Gasteiger partial charge in [-0.2, -0.15) is 0 Å². The van der Waals surface area contributed by atoms with E-state index in [2.05, 4.69) is 6.92 Å². The number of carbonyl (C=O) groups excluding carboxylic acids is 1. The number of likely N-dealkylation sites (tertiary alicyclic amines) is 1. The van der Waals surface area contributed by atoms with Crippen LogP contribution >= 0.6 is 0 Å². The molecule has 0 aliphatic carbocycles. The minimum absolute atomic E-state index is 0.199. The number of hydrogen-bond acceptors (Lipinski definition) is 3. The molecule has 2 unspecified atom stereocenters. The van der Waals surface area contributed by atoms with Gasteiger partial charge in [-0.15, -0.1) is 0 Å². The molecule has 2 N–H and O–H groups in total. The van der Waals surface area contributed by atoms with E-state index >= 15 is 0 Å². The highest BCUT2D eigenvalue weighted by molar-refractivity contribution is 5.78. The Hall–Kier alpha value is -1.55. The summed E-state index contributed by atoms with van der Waals surface area (Å²) >= 11 is 0. The fraction of sp³-hybridized carbons (Fsp3) is 0.562. The zero-order chi connectivity index (χ0) is 14.5. The van der Waals surface area contributed by atoms with Gasteiger partial charge in [-0.1, -0.05) is 31.5 Å². The number of nitrogens with two attached hydrogens (primary N) is 1. The minimum Gasteiger partial charge on any atom is -0.496 e. The fourth-order valence-corrected chi connectivity index (χ4v) is 2.94. The molecule has 1 aliphatic rings. The Kier molecular flexibility index (Phi) is 5.01. The summed E-state index contributed by atoms with van der Waals surface area (Å²) in [6.45, 7) is 3.57. The Labute approximate surface area is 120 Å². The fourth-order valence-electron chi connectivity index (χ4n) is 2.94. The zero-order valence-electron chi connectivity index (χ0n) is 12.3. The molecule has 1 heterocycles. The maximum absolute atomic E-state index is 12.0. The van der Waals surface area contributed by atoms with Crippen LogP contribution in [-0.2, 0) is 4.79 Å². The minimum atomic E-state index is -0.199. The van der Waals surface area contributed by atoms with Gasteiger partial charge in [0.1, 0.15) is 5.75 Å². The van der Waals surface area contributed by atoms with E-state index in [1.54, 1.807) is 7.11 Å². The molecule has 0 radical (unpaired) electrons. The van der Waals surface area contributed by atoms with E-state index in [0.29, 0.717) is 18.9 Å². The molecule has 1 saturated heterocycles. The number of rotatable bonds is 6. The number of nitrogens with zero attached hydrogens (tertiary/aromatic N) is 1. The van der Waals surface area contributed by atoms with Gasteiger partial charge in [0.05, 0.1) is 13.2 Å². The molecular weight excluding hydrogens is 252 g/mol. The van der Waals surface area contributed by atoms with Gasteiger partial charge in [-0.25, -0.2) is 0 Å². The van der Waals surface area contributed by atoms with Crippen LogP contribution < -0.4 is 10.5 Å². The highest BCUT2D eigenvalue weighted by Crippen LogP contribution is 2.27. The third-order valence-corrected chi connectivity index (χ3v) is 3.95. The molecule has 1 amide bonds. The first-order valence-electron chi connectivity index (χ1n) is 7.32. The van der Waals surface area contributed by atoms with E-state index in [1.165, 1.54) is 0 Å². The van der Waals surface area contributed by atoms with Crippen LogP contribution in [0.25, 0.3) is 0 Å². The van der Waals surface area contributed by atoms with Crippen LogP contribution in [0.5, 0.6) is 5.75 Å². The predicted molar refractivity (Wildman–Crippen MR) is 79.5 cm³/mol. The second-order valence-electron chi connectivity index (χ2n) is 5.51. The van der Waals surface area contributed by atoms with Crippen LogP contribution in [0.4, 0.5) is 0 Å². The smallest absolute Gasteiger partial charge is 0.222 e. The van der Waals surface area contributed by atoms with Crippen LogP contribution in [0, 0.1) is 5.92 Å². The van der Waals surface area contributed by atoms with Gasteiger partial charge >= 0.3 is 0 Å². The first-order chi connectivity index (χ1) is 9.65. The normalized spacial score (nSPS) is 20.2. The quantitative estimate of drug-likeness (QED) is 0.867. The van der Waals surface area contributed by atoms with Crippen LogP contribution in [0.3, 0.4) is 0 Å². The van der Waals surface area contributed by atoms with Crippen molar-refractivity contribution < 1.29 is 9.53 Å². The van der Waals surface area contributed by atoms with Crippen molar-refractivity contribution in [1.82, 2.24) is 4.90 Å². The topological polar surface area (TPSA) is 55.6 Å². The lowest BCUT2D eigenvalue weighted by atomic mass is 10.0. The van der Waals surface area contributed by atoms with Crippen molar-refractivity contribution in [3.63, 3.8) is 0 Å². The maximum Gasteiger partial charge on any atom is 0.222 e. The van der Waals surface area contributed by atoms with Crippen molar-refractivity contribution in [3.8, 4) is 5.75 Å². The van der Waals surface area contributed by atoms with Crippen molar-refractivity contribution in [2.24, 2.45) is 11.7 Å². The molecule has 0 aromatic heterocycles. The molecule has 0 spiro atoms. The lowest BCUT2D eigenvalue weighted by Gasteiger charge is -2.23. The number of para-hydroxylation sites is 1. The summed E-state index contributed by atoms with van der Waals surface area (Å²) in [5, 5.41) is 0. The van der Waals surface area contributed by atoms with E-state index in [4.69, 9.17) is 10.5 Å². The second kappa shape index (κ2) is 6.75. The van der Waals surface area contributed by atoms with E-state index in [9.17, 15) is 4.79 Å². The van der Waals surface area contributed by atoms with Gasteiger partial charge < -0.3 is 15.4 Å². The number of benzene rings is 1. The monoisotopic (exact) mass is 276 g/mol. The van der Waals surface area contributed by atoms with Gasteiger partial charge in [-0.05, 0) is 18.4 Å². The summed E-state index contributed by atoms with van der Waals surface area (Å²) in [4.78, 5) is 13.9. The van der Waals surface area contributed by atoms with Crippen molar-refractivity contribution in [2.45, 2.75) is 32.2 Å². The molecule has 0 bridgehead atoms. The van der Waals surface area contributed by atoms with Crippen molar-refractivity contribution in [2.75, 3.05) is 20.2 Å². The highest BCUT2D eigenvalue weighted by Gasteiger charge is 2.30. The molecule has 1 aliphatic heterocycles. The number of methoxy groups -OCH3 is 1. The maximum atomic E-state index is 12.0. The predicted octanol–water partition coefficient (Wildman–Crippen LogP) is 2.34. The average Bonchev–Trinajstić information content (AvgIpc) is 2.79. The Bertz CT molecular complexity index is 462. The van der Waals surface area contributed by atoms with E-state index in [-0.39, 0.29) is 11.9 Å². The summed E-state index contributed by atoms with van der Waals surface area (Å²) < 4.78 is 5.33. The molecule has 2 atom stereocenters. The third-order valence-electron chi connectivity index (χ3n) is 3.95. The van der Waals surface area contributed by atoms with Crippen molar-refractivity contribution in [3.05, 3.63) is 29.8 Å². The van der Waals surface area contributed by atoms with Gasteiger partial charge in [0.2, 0.25) is 5.91 Å². The molecule has 4 nitrogen and oxygen atoms in total. The molecule has 20 heavy (non-hydrogen) atoms. The zero-order valence-corrected chi connectivity index (χ0v) is 12.3. The Morgan fingerprint density at radius 1 is 1.45 bits per heavy atom. The van der Waals surface area contributed by atoms with Gasteiger partial charge in [0.15, 0.2) is 0 Å². The number of ether oxygens (including phenoxy) is 1. The molecule has 1 aromatic rings. The van der Waals surface area contributed by atoms with Gasteiger partial charge in [0, 0.05) is 25.1 Å². The largest absolute Gasteiger partial charge is 0.496 e. The summed E-state index contributed by atoms with van der Waals surface area (Å²) in [5.41, 5.74) is 7.22. The summed E-state index contributed by atoms with van der Waals surface area (Å²) in [7, 11) is 1.64. The lowest BCUT2D eigenvalue weighted by molar-refractivity contribution is -0.127. The molecule has 4 heteroatoms. The molecule has 1 aromatic carbocycles. The first-order valence-corrected chi connectivity index (χ1v) is 7.32. The van der Waals surface area contributed by atoms with Gasteiger partial charge in [-0.3, -0.25) is 4.79 Å². The Balaban J connectivity index is 2.01. The molecule has 1 fully saturated rings. The molecule has 2 rings (SSSR count). The van der Waals surface area contributed by atoms with E-state index in [0.717, 1.165) is 30.7 Å². The van der Waals surface area contributed by atoms with Crippen LogP contribution in [0.15, 0.2) is 24.3 Å². The number of hydrogen-bond donors (Lipinski definition) is 1. The van der Waals surface area contributed by atoms with Crippen LogP contribution in [0.2, 0.25) is 0 Å². The highest BCUT2D eigenvalue weighted by atomic mass is 16.5. The number of amides is 1. The Morgan fingerprint density at radius 3 is 2.90 bits per heavy atom. The van der Waals surface area contributed by atoms with Crippen molar-refractivity contribution in [1.29, 1.82) is 0 Å². The molecule has 110 valence electrons. The number of carbonyl (C=O) groups is 1. The summed E-state index contributed by atoms with van der Waals surface area (Å²) in [6.07, 6.45) is 2.92.